The van der Waals surface area contributed by atoms with Gasteiger partial charge in [-0.25, -0.2) is 4.79 Å². The highest BCUT2D eigenvalue weighted by molar-refractivity contribution is 5.82. The van der Waals surface area contributed by atoms with Gasteiger partial charge >= 0.3 is 6.09 Å². The summed E-state index contributed by atoms with van der Waals surface area (Å²) in [5.41, 5.74) is 2.24. The number of methoxy groups -OCH3 is 1. The standard InChI is InChI=1S/C31H36N2O5/c1-31(2,3)38-30(35)32(4)20-27(34)29(22-11-7-6-8-12-22)33-18-17-23-19-25(15-16-26(23)33)37-21-24-13-9-10-14-28(24)36-5/h6-19,27,29,34H,20-21H2,1-5H3/t27-,29+/m1/s1. The minimum Gasteiger partial charge on any atom is -0.496 e. The second kappa shape index (κ2) is 11.6. The zero-order chi connectivity index (χ0) is 27.3. The van der Waals surface area contributed by atoms with E-state index in [2.05, 4.69) is 0 Å². The van der Waals surface area contributed by atoms with E-state index in [0.29, 0.717) is 6.61 Å². The van der Waals surface area contributed by atoms with Crippen molar-refractivity contribution >= 4 is 17.0 Å². The first kappa shape index (κ1) is 27.1. The molecule has 200 valence electrons. The number of aromatic nitrogens is 1. The van der Waals surface area contributed by atoms with Crippen LogP contribution in [0.15, 0.2) is 85.1 Å². The van der Waals surface area contributed by atoms with Crippen molar-refractivity contribution in [2.75, 3.05) is 20.7 Å². The first-order valence-corrected chi connectivity index (χ1v) is 12.7. The van der Waals surface area contributed by atoms with Crippen LogP contribution in [-0.4, -0.2) is 53.1 Å². The zero-order valence-electron chi connectivity index (χ0n) is 22.6. The Morgan fingerprint density at radius 3 is 2.42 bits per heavy atom. The maximum Gasteiger partial charge on any atom is 0.410 e. The summed E-state index contributed by atoms with van der Waals surface area (Å²) in [6, 6.07) is 25.1. The molecule has 0 aliphatic rings. The number of aliphatic hydroxyl groups is 1. The summed E-state index contributed by atoms with van der Waals surface area (Å²) in [5, 5.41) is 12.4. The minimum atomic E-state index is -0.882. The van der Waals surface area contributed by atoms with Crippen LogP contribution in [0, 0.1) is 0 Å². The minimum absolute atomic E-state index is 0.105. The van der Waals surface area contributed by atoms with Gasteiger partial charge in [-0.3, -0.25) is 0 Å². The summed E-state index contributed by atoms with van der Waals surface area (Å²) in [6.07, 6.45) is 0.604. The Kier molecular flexibility index (Phi) is 8.27. The summed E-state index contributed by atoms with van der Waals surface area (Å²) < 4.78 is 19.0. The normalized spacial score (nSPS) is 13.1. The lowest BCUT2D eigenvalue weighted by Crippen LogP contribution is -2.41. The molecule has 0 saturated heterocycles. The van der Waals surface area contributed by atoms with Crippen LogP contribution in [0.25, 0.3) is 10.9 Å². The average molecular weight is 517 g/mol. The number of amides is 1. The molecule has 0 radical (unpaired) electrons. The molecule has 0 aliphatic heterocycles. The highest BCUT2D eigenvalue weighted by atomic mass is 16.6. The van der Waals surface area contributed by atoms with E-state index < -0.39 is 23.8 Å². The molecule has 0 aliphatic carbocycles. The number of fused-ring (bicyclic) bond motifs is 1. The van der Waals surface area contributed by atoms with Gasteiger partial charge < -0.3 is 28.8 Å². The van der Waals surface area contributed by atoms with Crippen LogP contribution in [0.4, 0.5) is 4.79 Å². The Morgan fingerprint density at radius 1 is 1.00 bits per heavy atom. The van der Waals surface area contributed by atoms with Gasteiger partial charge in [0.25, 0.3) is 0 Å². The summed E-state index contributed by atoms with van der Waals surface area (Å²) in [7, 11) is 3.29. The van der Waals surface area contributed by atoms with Crippen LogP contribution in [0.2, 0.25) is 0 Å². The largest absolute Gasteiger partial charge is 0.496 e. The maximum atomic E-state index is 12.6. The van der Waals surface area contributed by atoms with E-state index in [-0.39, 0.29) is 6.54 Å². The molecule has 0 spiro atoms. The molecule has 1 N–H and O–H groups in total. The zero-order valence-corrected chi connectivity index (χ0v) is 22.6. The van der Waals surface area contributed by atoms with E-state index >= 15 is 0 Å². The van der Waals surface area contributed by atoms with Crippen molar-refractivity contribution in [3.63, 3.8) is 0 Å². The molecule has 2 atom stereocenters. The lowest BCUT2D eigenvalue weighted by atomic mass is 10.0. The number of carbonyl (C=O) groups is 1. The lowest BCUT2D eigenvalue weighted by molar-refractivity contribution is 0.0168. The molecule has 4 rings (SSSR count). The van der Waals surface area contributed by atoms with Crippen LogP contribution < -0.4 is 9.47 Å². The van der Waals surface area contributed by atoms with E-state index in [1.165, 1.54) is 4.90 Å². The summed E-state index contributed by atoms with van der Waals surface area (Å²) in [5.74, 6) is 1.53. The van der Waals surface area contributed by atoms with Gasteiger partial charge in [0.2, 0.25) is 0 Å². The van der Waals surface area contributed by atoms with E-state index in [1.54, 1.807) is 14.2 Å². The van der Waals surface area contributed by atoms with Crippen LogP contribution in [0.1, 0.15) is 37.9 Å². The smallest absolute Gasteiger partial charge is 0.410 e. The van der Waals surface area contributed by atoms with E-state index in [4.69, 9.17) is 14.2 Å². The quantitative estimate of drug-likeness (QED) is 0.293. The SMILES string of the molecule is COc1ccccc1COc1ccc2c(ccn2[C@@H](c2ccccc2)[C@H](O)CN(C)C(=O)OC(C)(C)C)c1. The third-order valence-electron chi connectivity index (χ3n) is 6.25. The van der Waals surface area contributed by atoms with Gasteiger partial charge in [0.1, 0.15) is 23.7 Å². The molecular formula is C31H36N2O5. The molecule has 1 heterocycles. The molecule has 7 heteroatoms. The van der Waals surface area contributed by atoms with Gasteiger partial charge in [-0.1, -0.05) is 48.5 Å². The number of nitrogens with zero attached hydrogens (tertiary/aromatic N) is 2. The van der Waals surface area contributed by atoms with Crippen molar-refractivity contribution in [1.29, 1.82) is 0 Å². The molecule has 3 aromatic carbocycles. The molecule has 1 amide bonds. The molecule has 1 aromatic heterocycles. The molecule has 0 unspecified atom stereocenters. The number of benzene rings is 3. The van der Waals surface area contributed by atoms with Crippen LogP contribution >= 0.6 is 0 Å². The second-order valence-corrected chi connectivity index (χ2v) is 10.3. The number of likely N-dealkylation sites (N-methyl/N-ethyl adjacent to an activating group) is 1. The highest BCUT2D eigenvalue weighted by Gasteiger charge is 2.28. The molecular weight excluding hydrogens is 480 g/mol. The van der Waals surface area contributed by atoms with Crippen molar-refractivity contribution < 1.29 is 24.1 Å². The Balaban J connectivity index is 1.58. The summed E-state index contributed by atoms with van der Waals surface area (Å²) in [4.78, 5) is 14.0. The number of carbonyl (C=O) groups excluding carboxylic acids is 1. The fourth-order valence-corrected chi connectivity index (χ4v) is 4.47. The van der Waals surface area contributed by atoms with Crippen molar-refractivity contribution in [3.8, 4) is 11.5 Å². The third kappa shape index (κ3) is 6.47. The summed E-state index contributed by atoms with van der Waals surface area (Å²) in [6.45, 7) is 5.96. The van der Waals surface area contributed by atoms with Gasteiger partial charge in [0.05, 0.1) is 25.8 Å². The Bertz CT molecular complexity index is 1360. The predicted octanol–water partition coefficient (Wildman–Crippen LogP) is 6.05. The first-order valence-electron chi connectivity index (χ1n) is 12.7. The van der Waals surface area contributed by atoms with Gasteiger partial charge in [0.15, 0.2) is 0 Å². The lowest BCUT2D eigenvalue weighted by Gasteiger charge is -2.30. The van der Waals surface area contributed by atoms with Crippen LogP contribution in [0.3, 0.4) is 0 Å². The summed E-state index contributed by atoms with van der Waals surface area (Å²) >= 11 is 0. The Hall–Kier alpha value is -3.97. The van der Waals surface area contributed by atoms with Crippen molar-refractivity contribution in [2.24, 2.45) is 0 Å². The fraction of sp³-hybridized carbons (Fsp3) is 0.323. The van der Waals surface area contributed by atoms with Gasteiger partial charge in [-0.15, -0.1) is 0 Å². The second-order valence-electron chi connectivity index (χ2n) is 10.3. The molecule has 0 saturated carbocycles. The van der Waals surface area contributed by atoms with Crippen molar-refractivity contribution in [2.45, 2.75) is 45.1 Å². The maximum absolute atomic E-state index is 12.6. The number of hydrogen-bond donors (Lipinski definition) is 1. The van der Waals surface area contributed by atoms with E-state index in [1.807, 2.05) is 110 Å². The van der Waals surface area contributed by atoms with Crippen LogP contribution in [-0.2, 0) is 11.3 Å². The molecule has 38 heavy (non-hydrogen) atoms. The number of para-hydroxylation sites is 1. The fourth-order valence-electron chi connectivity index (χ4n) is 4.47. The number of hydrogen-bond acceptors (Lipinski definition) is 5. The van der Waals surface area contributed by atoms with Gasteiger partial charge in [-0.2, -0.15) is 0 Å². The average Bonchev–Trinajstić information content (AvgIpc) is 3.30. The van der Waals surface area contributed by atoms with Crippen LogP contribution in [0.5, 0.6) is 11.5 Å². The topological polar surface area (TPSA) is 73.2 Å². The number of ether oxygens (including phenoxy) is 3. The van der Waals surface area contributed by atoms with Gasteiger partial charge in [0, 0.05) is 29.7 Å². The molecule has 0 fully saturated rings. The van der Waals surface area contributed by atoms with E-state index in [0.717, 1.165) is 33.5 Å². The van der Waals surface area contributed by atoms with Crippen molar-refractivity contribution in [1.82, 2.24) is 9.47 Å². The first-order chi connectivity index (χ1) is 18.2. The van der Waals surface area contributed by atoms with Gasteiger partial charge in [-0.05, 0) is 56.7 Å². The Morgan fingerprint density at radius 2 is 1.71 bits per heavy atom. The molecule has 0 bridgehead atoms. The number of aliphatic hydroxyl groups excluding tert-OH is 1. The monoisotopic (exact) mass is 516 g/mol. The van der Waals surface area contributed by atoms with E-state index in [9.17, 15) is 9.90 Å². The molecule has 7 nitrogen and oxygen atoms in total. The predicted molar refractivity (Wildman–Crippen MR) is 149 cm³/mol. The third-order valence-corrected chi connectivity index (χ3v) is 6.25. The molecule has 4 aromatic rings. The Labute approximate surface area is 224 Å². The van der Waals surface area contributed by atoms with Crippen molar-refractivity contribution in [3.05, 3.63) is 96.2 Å². The highest BCUT2D eigenvalue weighted by Crippen LogP contribution is 2.31. The number of rotatable bonds is 9.